The Morgan fingerprint density at radius 3 is 2.52 bits per heavy atom. The Balaban J connectivity index is 1.60. The highest BCUT2D eigenvalue weighted by Gasteiger charge is 2.27. The number of benzene rings is 1. The molecule has 154 valence electrons. The molecule has 0 bridgehead atoms. The maximum atomic E-state index is 13.0. The van der Waals surface area contributed by atoms with Crippen molar-refractivity contribution in [3.8, 4) is 5.88 Å². The Labute approximate surface area is 172 Å². The fourth-order valence-corrected chi connectivity index (χ4v) is 3.49. The average molecular weight is 396 g/mol. The number of ether oxygens (including phenoxy) is 1. The van der Waals surface area contributed by atoms with Gasteiger partial charge in [-0.05, 0) is 56.9 Å². The molecular formula is C23H29N3O3. The first kappa shape index (κ1) is 20.8. The molecule has 0 radical (unpaired) electrons. The minimum atomic E-state index is -0.0627. The molecule has 0 saturated carbocycles. The van der Waals surface area contributed by atoms with Crippen molar-refractivity contribution in [1.29, 1.82) is 0 Å². The van der Waals surface area contributed by atoms with Crippen LogP contribution in [-0.2, 0) is 0 Å². The van der Waals surface area contributed by atoms with E-state index >= 15 is 0 Å². The summed E-state index contributed by atoms with van der Waals surface area (Å²) in [5, 5.41) is 3.11. The molecule has 1 aromatic carbocycles. The van der Waals surface area contributed by atoms with E-state index in [1.54, 1.807) is 6.07 Å². The molecule has 2 aromatic rings. The van der Waals surface area contributed by atoms with Gasteiger partial charge in [0.15, 0.2) is 0 Å². The second-order valence-electron chi connectivity index (χ2n) is 7.51. The summed E-state index contributed by atoms with van der Waals surface area (Å²) >= 11 is 0. The Bertz CT molecular complexity index is 873. The number of likely N-dealkylation sites (tertiary alicyclic amines) is 1. The number of hydrogen-bond acceptors (Lipinski definition) is 4. The van der Waals surface area contributed by atoms with E-state index in [4.69, 9.17) is 4.74 Å². The average Bonchev–Trinajstić information content (AvgIpc) is 2.72. The molecule has 1 aromatic heterocycles. The Morgan fingerprint density at radius 2 is 1.83 bits per heavy atom. The molecule has 2 heterocycles. The molecule has 1 saturated heterocycles. The largest absolute Gasteiger partial charge is 0.477 e. The molecule has 3 rings (SSSR count). The SMILES string of the molecule is CCCOc1nc(C)ccc1C(=O)N1CCC(NC(=O)c2ccccc2C)CC1. The number of hydrogen-bond donors (Lipinski definition) is 1. The van der Waals surface area contributed by atoms with Crippen molar-refractivity contribution in [2.24, 2.45) is 0 Å². The molecular weight excluding hydrogens is 366 g/mol. The number of piperidine rings is 1. The predicted octanol–water partition coefficient (Wildman–Crippen LogP) is 3.52. The molecule has 0 atom stereocenters. The summed E-state index contributed by atoms with van der Waals surface area (Å²) in [6, 6.07) is 11.3. The number of carbonyl (C=O) groups excluding carboxylic acids is 2. The Morgan fingerprint density at radius 1 is 1.10 bits per heavy atom. The lowest BCUT2D eigenvalue weighted by atomic mass is 10.0. The highest BCUT2D eigenvalue weighted by atomic mass is 16.5. The van der Waals surface area contributed by atoms with Crippen LogP contribution in [0.25, 0.3) is 0 Å². The summed E-state index contributed by atoms with van der Waals surface area (Å²) < 4.78 is 5.70. The lowest BCUT2D eigenvalue weighted by Gasteiger charge is -2.32. The molecule has 6 nitrogen and oxygen atoms in total. The van der Waals surface area contributed by atoms with Gasteiger partial charge in [0.2, 0.25) is 5.88 Å². The van der Waals surface area contributed by atoms with Crippen LogP contribution in [0, 0.1) is 13.8 Å². The normalized spacial score (nSPS) is 14.5. The summed E-state index contributed by atoms with van der Waals surface area (Å²) in [6.45, 7) is 7.56. The standard InChI is InChI=1S/C23H29N3O3/c1-4-15-29-22-20(10-9-17(3)24-22)23(28)26-13-11-18(12-14-26)25-21(27)19-8-6-5-7-16(19)2/h5-10,18H,4,11-15H2,1-3H3,(H,25,27). The van der Waals surface area contributed by atoms with Crippen LogP contribution in [0.4, 0.5) is 0 Å². The number of amides is 2. The van der Waals surface area contributed by atoms with Crippen molar-refractivity contribution in [2.75, 3.05) is 19.7 Å². The lowest BCUT2D eigenvalue weighted by molar-refractivity contribution is 0.0693. The smallest absolute Gasteiger partial charge is 0.259 e. The molecule has 0 spiro atoms. The third-order valence-electron chi connectivity index (χ3n) is 5.18. The number of carbonyl (C=O) groups is 2. The number of aryl methyl sites for hydroxylation is 2. The van der Waals surface area contributed by atoms with E-state index in [0.29, 0.717) is 36.7 Å². The third-order valence-corrected chi connectivity index (χ3v) is 5.18. The van der Waals surface area contributed by atoms with Crippen LogP contribution < -0.4 is 10.1 Å². The quantitative estimate of drug-likeness (QED) is 0.812. The van der Waals surface area contributed by atoms with Crippen LogP contribution in [0.2, 0.25) is 0 Å². The highest BCUT2D eigenvalue weighted by Crippen LogP contribution is 2.21. The van der Waals surface area contributed by atoms with E-state index < -0.39 is 0 Å². The number of pyridine rings is 1. The van der Waals surface area contributed by atoms with Crippen LogP contribution >= 0.6 is 0 Å². The van der Waals surface area contributed by atoms with Gasteiger partial charge in [0.1, 0.15) is 5.56 Å². The first-order chi connectivity index (χ1) is 14.0. The molecule has 1 fully saturated rings. The van der Waals surface area contributed by atoms with Crippen LogP contribution in [-0.4, -0.2) is 47.4 Å². The van der Waals surface area contributed by atoms with E-state index in [0.717, 1.165) is 30.5 Å². The summed E-state index contributed by atoms with van der Waals surface area (Å²) in [6.07, 6.45) is 2.32. The summed E-state index contributed by atoms with van der Waals surface area (Å²) in [7, 11) is 0. The maximum absolute atomic E-state index is 13.0. The van der Waals surface area contributed by atoms with Gasteiger partial charge in [-0.1, -0.05) is 25.1 Å². The van der Waals surface area contributed by atoms with Crippen molar-refractivity contribution in [3.05, 3.63) is 58.8 Å². The first-order valence-electron chi connectivity index (χ1n) is 10.3. The molecule has 1 N–H and O–H groups in total. The summed E-state index contributed by atoms with van der Waals surface area (Å²) in [5.74, 6) is 0.296. The number of aromatic nitrogens is 1. The second-order valence-corrected chi connectivity index (χ2v) is 7.51. The summed E-state index contributed by atoms with van der Waals surface area (Å²) in [4.78, 5) is 31.8. The van der Waals surface area contributed by atoms with Gasteiger partial charge in [0, 0.05) is 30.4 Å². The van der Waals surface area contributed by atoms with Gasteiger partial charge in [0.25, 0.3) is 11.8 Å². The number of nitrogens with one attached hydrogen (secondary N) is 1. The molecule has 0 unspecified atom stereocenters. The third kappa shape index (κ3) is 5.13. The zero-order valence-corrected chi connectivity index (χ0v) is 17.4. The van der Waals surface area contributed by atoms with Crippen LogP contribution in [0.3, 0.4) is 0 Å². The topological polar surface area (TPSA) is 71.5 Å². The monoisotopic (exact) mass is 395 g/mol. The molecule has 6 heteroatoms. The molecule has 0 aliphatic carbocycles. The van der Waals surface area contributed by atoms with Crippen molar-refractivity contribution in [1.82, 2.24) is 15.2 Å². The van der Waals surface area contributed by atoms with Crippen molar-refractivity contribution in [3.63, 3.8) is 0 Å². The zero-order valence-electron chi connectivity index (χ0n) is 17.4. The van der Waals surface area contributed by atoms with Gasteiger partial charge in [-0.2, -0.15) is 0 Å². The van der Waals surface area contributed by atoms with Gasteiger partial charge in [-0.3, -0.25) is 9.59 Å². The highest BCUT2D eigenvalue weighted by molar-refractivity contribution is 5.97. The number of rotatable bonds is 6. The fourth-order valence-electron chi connectivity index (χ4n) is 3.49. The number of nitrogens with zero attached hydrogens (tertiary/aromatic N) is 2. The minimum absolute atomic E-state index is 0.0501. The lowest BCUT2D eigenvalue weighted by Crippen LogP contribution is -2.46. The van der Waals surface area contributed by atoms with Gasteiger partial charge in [-0.15, -0.1) is 0 Å². The second kappa shape index (κ2) is 9.54. The zero-order chi connectivity index (χ0) is 20.8. The van der Waals surface area contributed by atoms with Gasteiger partial charge in [-0.25, -0.2) is 4.98 Å². The molecule has 1 aliphatic rings. The van der Waals surface area contributed by atoms with E-state index in [1.807, 2.05) is 56.0 Å². The van der Waals surface area contributed by atoms with E-state index in [1.165, 1.54) is 0 Å². The Hall–Kier alpha value is -2.89. The van der Waals surface area contributed by atoms with Gasteiger partial charge >= 0.3 is 0 Å². The fraction of sp³-hybridized carbons (Fsp3) is 0.435. The van der Waals surface area contributed by atoms with E-state index in [2.05, 4.69) is 10.3 Å². The van der Waals surface area contributed by atoms with E-state index in [9.17, 15) is 9.59 Å². The van der Waals surface area contributed by atoms with Gasteiger partial charge < -0.3 is 15.0 Å². The summed E-state index contributed by atoms with van der Waals surface area (Å²) in [5.41, 5.74) is 3.00. The van der Waals surface area contributed by atoms with Crippen molar-refractivity contribution in [2.45, 2.75) is 46.1 Å². The Kier molecular flexibility index (Phi) is 6.86. The predicted molar refractivity (Wildman–Crippen MR) is 112 cm³/mol. The maximum Gasteiger partial charge on any atom is 0.259 e. The first-order valence-corrected chi connectivity index (χ1v) is 10.3. The molecule has 2 amide bonds. The molecule has 1 aliphatic heterocycles. The van der Waals surface area contributed by atoms with Crippen molar-refractivity contribution >= 4 is 11.8 Å². The van der Waals surface area contributed by atoms with Gasteiger partial charge in [0.05, 0.1) is 6.61 Å². The van der Waals surface area contributed by atoms with Crippen LogP contribution in [0.1, 0.15) is 58.2 Å². The van der Waals surface area contributed by atoms with Crippen molar-refractivity contribution < 1.29 is 14.3 Å². The minimum Gasteiger partial charge on any atom is -0.477 e. The molecule has 29 heavy (non-hydrogen) atoms. The van der Waals surface area contributed by atoms with Crippen LogP contribution in [0.15, 0.2) is 36.4 Å². The van der Waals surface area contributed by atoms with E-state index in [-0.39, 0.29) is 17.9 Å². The van der Waals surface area contributed by atoms with Crippen LogP contribution in [0.5, 0.6) is 5.88 Å².